The van der Waals surface area contributed by atoms with Crippen LogP contribution in [0.3, 0.4) is 0 Å². The summed E-state index contributed by atoms with van der Waals surface area (Å²) in [7, 11) is 0. The van der Waals surface area contributed by atoms with Crippen molar-refractivity contribution in [3.05, 3.63) is 28.8 Å². The zero-order valence-corrected chi connectivity index (χ0v) is 19.1. The molecule has 27 heavy (non-hydrogen) atoms. The van der Waals surface area contributed by atoms with Gasteiger partial charge in [-0.05, 0) is 63.0 Å². The van der Waals surface area contributed by atoms with Crippen LogP contribution in [0.15, 0.2) is 17.1 Å². The number of hydrogen-bond acceptors (Lipinski definition) is 3. The van der Waals surface area contributed by atoms with Gasteiger partial charge in [0.1, 0.15) is 5.75 Å². The van der Waals surface area contributed by atoms with Gasteiger partial charge in [0.15, 0.2) is 0 Å². The Balaban J connectivity index is 2.44. The average Bonchev–Trinajstić information content (AvgIpc) is 2.40. The second kappa shape index (κ2) is 6.92. The zero-order valence-electron chi connectivity index (χ0n) is 19.1. The maximum absolute atomic E-state index is 10.9. The molecule has 0 unspecified atom stereocenters. The Hall–Kier alpha value is -1.35. The molecule has 1 aliphatic heterocycles. The molecular formula is C24H40N2O. The topological polar surface area (TPSA) is 44.6 Å². The van der Waals surface area contributed by atoms with Crippen molar-refractivity contribution in [2.24, 2.45) is 4.99 Å². The first-order valence-corrected chi connectivity index (χ1v) is 10.2. The maximum Gasteiger partial charge on any atom is 0.128 e. The van der Waals surface area contributed by atoms with Gasteiger partial charge < -0.3 is 10.4 Å². The number of nitrogens with zero attached hydrogens (tertiary/aromatic N) is 1. The van der Waals surface area contributed by atoms with E-state index in [1.165, 1.54) is 5.56 Å². The van der Waals surface area contributed by atoms with Gasteiger partial charge in [-0.2, -0.15) is 0 Å². The fourth-order valence-corrected chi connectivity index (χ4v) is 4.32. The molecule has 2 rings (SSSR count). The number of phenolic OH excluding ortho intramolecular Hbond substituents is 1. The van der Waals surface area contributed by atoms with E-state index < -0.39 is 0 Å². The molecule has 1 aromatic rings. The summed E-state index contributed by atoms with van der Waals surface area (Å²) in [4.78, 5) is 4.93. The fourth-order valence-electron chi connectivity index (χ4n) is 4.32. The summed E-state index contributed by atoms with van der Waals surface area (Å²) in [5.74, 6) is 0.367. The number of nitrogens with one attached hydrogen (secondary N) is 1. The predicted molar refractivity (Wildman–Crippen MR) is 117 cm³/mol. The third-order valence-corrected chi connectivity index (χ3v) is 5.41. The van der Waals surface area contributed by atoms with Crippen LogP contribution in [0.5, 0.6) is 5.75 Å². The standard InChI is InChI=1S/C24H40N2O/c1-21(2,3)17-11-16(20(27)19(12-17)22(4,5)6)15-25-18-13-23(7,8)26-24(9,10)14-18/h11-12,15,18,26-27H,13-14H2,1-10H3. The summed E-state index contributed by atoms with van der Waals surface area (Å²) in [5.41, 5.74) is 3.09. The number of aliphatic imine (C=N–C) groups is 1. The van der Waals surface area contributed by atoms with Gasteiger partial charge in [-0.15, -0.1) is 0 Å². The number of aromatic hydroxyl groups is 1. The van der Waals surface area contributed by atoms with Gasteiger partial charge in [0.25, 0.3) is 0 Å². The van der Waals surface area contributed by atoms with Crippen LogP contribution in [0.25, 0.3) is 0 Å². The van der Waals surface area contributed by atoms with Crippen LogP contribution < -0.4 is 5.32 Å². The molecule has 0 bridgehead atoms. The van der Waals surface area contributed by atoms with Gasteiger partial charge >= 0.3 is 0 Å². The third kappa shape index (κ3) is 5.57. The number of phenols is 1. The number of benzene rings is 1. The molecule has 1 aromatic carbocycles. The minimum Gasteiger partial charge on any atom is -0.507 e. The molecule has 2 N–H and O–H groups in total. The second-order valence-corrected chi connectivity index (χ2v) is 11.7. The summed E-state index contributed by atoms with van der Waals surface area (Å²) >= 11 is 0. The minimum atomic E-state index is -0.118. The highest BCUT2D eigenvalue weighted by Crippen LogP contribution is 2.37. The molecular weight excluding hydrogens is 332 g/mol. The van der Waals surface area contributed by atoms with Crippen molar-refractivity contribution in [2.45, 2.75) is 110 Å². The number of hydrogen-bond donors (Lipinski definition) is 2. The van der Waals surface area contributed by atoms with Crippen LogP contribution >= 0.6 is 0 Å². The summed E-state index contributed by atoms with van der Waals surface area (Å²) in [5, 5.41) is 14.7. The van der Waals surface area contributed by atoms with Gasteiger partial charge in [-0.3, -0.25) is 4.99 Å². The Kier molecular flexibility index (Phi) is 5.62. The molecule has 1 aliphatic rings. The number of rotatable bonds is 2. The van der Waals surface area contributed by atoms with Crippen LogP contribution in [0.4, 0.5) is 0 Å². The normalized spacial score (nSPS) is 21.0. The Morgan fingerprint density at radius 1 is 0.963 bits per heavy atom. The molecule has 1 saturated heterocycles. The summed E-state index contributed by atoms with van der Waals surface area (Å²) < 4.78 is 0. The lowest BCUT2D eigenvalue weighted by Crippen LogP contribution is -2.58. The Morgan fingerprint density at radius 2 is 1.48 bits per heavy atom. The molecule has 152 valence electrons. The van der Waals surface area contributed by atoms with Crippen molar-refractivity contribution in [1.29, 1.82) is 0 Å². The zero-order chi connectivity index (χ0) is 20.8. The van der Waals surface area contributed by atoms with E-state index in [-0.39, 0.29) is 27.9 Å². The molecule has 0 spiro atoms. The second-order valence-electron chi connectivity index (χ2n) is 11.7. The van der Waals surface area contributed by atoms with Crippen LogP contribution in [0.1, 0.15) is 98.8 Å². The first-order chi connectivity index (χ1) is 12.0. The highest BCUT2D eigenvalue weighted by Gasteiger charge is 2.37. The summed E-state index contributed by atoms with van der Waals surface area (Å²) in [6.45, 7) is 22.0. The Bertz CT molecular complexity index is 699. The van der Waals surface area contributed by atoms with Crippen molar-refractivity contribution < 1.29 is 5.11 Å². The van der Waals surface area contributed by atoms with E-state index in [1.54, 1.807) is 0 Å². The maximum atomic E-state index is 10.9. The lowest BCUT2D eigenvalue weighted by Gasteiger charge is -2.45. The lowest BCUT2D eigenvalue weighted by atomic mass is 9.79. The molecule has 0 amide bonds. The van der Waals surface area contributed by atoms with E-state index >= 15 is 0 Å². The van der Waals surface area contributed by atoms with E-state index in [2.05, 4.69) is 86.7 Å². The number of piperidine rings is 1. The molecule has 3 heteroatoms. The van der Waals surface area contributed by atoms with Gasteiger partial charge in [-0.1, -0.05) is 47.6 Å². The van der Waals surface area contributed by atoms with Crippen molar-refractivity contribution in [3.63, 3.8) is 0 Å². The van der Waals surface area contributed by atoms with Gasteiger partial charge in [0.2, 0.25) is 0 Å². The molecule has 0 saturated carbocycles. The monoisotopic (exact) mass is 372 g/mol. The van der Waals surface area contributed by atoms with Crippen molar-refractivity contribution in [2.75, 3.05) is 0 Å². The molecule has 3 nitrogen and oxygen atoms in total. The van der Waals surface area contributed by atoms with Crippen molar-refractivity contribution in [1.82, 2.24) is 5.32 Å². The van der Waals surface area contributed by atoms with E-state index in [1.807, 2.05) is 6.21 Å². The minimum absolute atomic E-state index is 0.0228. The molecule has 0 aliphatic carbocycles. The average molecular weight is 373 g/mol. The SMILES string of the molecule is CC1(C)CC(N=Cc2cc(C(C)(C)C)cc(C(C)(C)C)c2O)CC(C)(C)N1. The summed E-state index contributed by atoms with van der Waals surface area (Å²) in [6, 6.07) is 4.52. The van der Waals surface area contributed by atoms with E-state index in [9.17, 15) is 5.11 Å². The highest BCUT2D eigenvalue weighted by atomic mass is 16.3. The summed E-state index contributed by atoms with van der Waals surface area (Å²) in [6.07, 6.45) is 3.90. The Morgan fingerprint density at radius 3 is 1.93 bits per heavy atom. The Labute approximate surface area is 166 Å². The van der Waals surface area contributed by atoms with Crippen molar-refractivity contribution in [3.8, 4) is 5.75 Å². The van der Waals surface area contributed by atoms with Crippen LogP contribution in [0.2, 0.25) is 0 Å². The fraction of sp³-hybridized carbons (Fsp3) is 0.708. The van der Waals surface area contributed by atoms with Crippen LogP contribution in [0, 0.1) is 0 Å². The van der Waals surface area contributed by atoms with E-state index in [0.717, 1.165) is 24.0 Å². The van der Waals surface area contributed by atoms with Crippen LogP contribution in [-0.4, -0.2) is 28.4 Å². The highest BCUT2D eigenvalue weighted by molar-refractivity contribution is 5.85. The van der Waals surface area contributed by atoms with Crippen LogP contribution in [-0.2, 0) is 10.8 Å². The molecule has 0 atom stereocenters. The third-order valence-electron chi connectivity index (χ3n) is 5.41. The molecule has 1 heterocycles. The molecule has 0 radical (unpaired) electrons. The first-order valence-electron chi connectivity index (χ1n) is 10.2. The van der Waals surface area contributed by atoms with E-state index in [0.29, 0.717) is 5.75 Å². The predicted octanol–water partition coefficient (Wildman–Crippen LogP) is 5.72. The van der Waals surface area contributed by atoms with Gasteiger partial charge in [0.05, 0.1) is 6.04 Å². The first kappa shape index (κ1) is 21.9. The van der Waals surface area contributed by atoms with E-state index in [4.69, 9.17) is 4.99 Å². The van der Waals surface area contributed by atoms with Gasteiger partial charge in [0, 0.05) is 28.4 Å². The molecule has 0 aromatic heterocycles. The molecule has 1 fully saturated rings. The van der Waals surface area contributed by atoms with Gasteiger partial charge in [-0.25, -0.2) is 0 Å². The lowest BCUT2D eigenvalue weighted by molar-refractivity contribution is 0.164. The quantitative estimate of drug-likeness (QED) is 0.653. The largest absolute Gasteiger partial charge is 0.507 e. The smallest absolute Gasteiger partial charge is 0.128 e. The van der Waals surface area contributed by atoms with Crippen molar-refractivity contribution >= 4 is 6.21 Å².